The first-order chi connectivity index (χ1) is 10.2. The van der Waals surface area contributed by atoms with Gasteiger partial charge in [0.1, 0.15) is 5.75 Å². The van der Waals surface area contributed by atoms with Crippen LogP contribution in [0.5, 0.6) is 5.75 Å². The number of benzene rings is 1. The molecule has 0 aromatic heterocycles. The van der Waals surface area contributed by atoms with E-state index in [2.05, 4.69) is 30.5 Å². The summed E-state index contributed by atoms with van der Waals surface area (Å²) in [4.78, 5) is 2.54. The molecule has 1 aliphatic carbocycles. The second-order valence-electron chi connectivity index (χ2n) is 6.78. The van der Waals surface area contributed by atoms with Crippen molar-refractivity contribution in [1.29, 1.82) is 0 Å². The van der Waals surface area contributed by atoms with Crippen molar-refractivity contribution in [2.24, 2.45) is 5.92 Å². The fourth-order valence-electron chi connectivity index (χ4n) is 4.70. The summed E-state index contributed by atoms with van der Waals surface area (Å²) >= 11 is 0. The Kier molecular flexibility index (Phi) is 4.08. The van der Waals surface area contributed by atoms with Crippen LogP contribution in [0.25, 0.3) is 0 Å². The highest BCUT2D eigenvalue weighted by Gasteiger charge is 2.46. The number of hydrogen-bond donors (Lipinski definition) is 1. The lowest BCUT2D eigenvalue weighted by Gasteiger charge is -2.52. The number of likely N-dealkylation sites (tertiary alicyclic amines) is 1. The van der Waals surface area contributed by atoms with Crippen molar-refractivity contribution in [3.05, 3.63) is 42.0 Å². The summed E-state index contributed by atoms with van der Waals surface area (Å²) in [6, 6.07) is 6.06. The summed E-state index contributed by atoms with van der Waals surface area (Å²) < 4.78 is 0. The standard InChI is InChI=1S/C19H27NO/c1-3-9-19-10-12-20(11-4-2)14-16(19)7-5-15-6-8-17(21)13-18(15)19/h4,6,8,13,16,21H,2-3,5,7,9-12,14H2,1H3. The van der Waals surface area contributed by atoms with Gasteiger partial charge in [0.2, 0.25) is 0 Å². The molecule has 1 N–H and O–H groups in total. The molecule has 1 saturated heterocycles. The molecule has 2 nitrogen and oxygen atoms in total. The van der Waals surface area contributed by atoms with Crippen LogP contribution in [0.3, 0.4) is 0 Å². The number of fused-ring (bicyclic) bond motifs is 3. The van der Waals surface area contributed by atoms with Gasteiger partial charge in [-0.1, -0.05) is 25.5 Å². The van der Waals surface area contributed by atoms with E-state index in [4.69, 9.17) is 0 Å². The third kappa shape index (κ3) is 2.50. The van der Waals surface area contributed by atoms with E-state index >= 15 is 0 Å². The van der Waals surface area contributed by atoms with Crippen molar-refractivity contribution in [2.45, 2.75) is 44.4 Å². The molecule has 0 amide bonds. The first kappa shape index (κ1) is 14.6. The molecule has 1 fully saturated rings. The molecular formula is C19H27NO. The summed E-state index contributed by atoms with van der Waals surface area (Å²) in [7, 11) is 0. The third-order valence-electron chi connectivity index (χ3n) is 5.61. The van der Waals surface area contributed by atoms with Crippen LogP contribution in [-0.4, -0.2) is 29.6 Å². The summed E-state index contributed by atoms with van der Waals surface area (Å²) in [6.45, 7) is 9.51. The smallest absolute Gasteiger partial charge is 0.115 e. The Balaban J connectivity index is 1.98. The number of aromatic hydroxyl groups is 1. The summed E-state index contributed by atoms with van der Waals surface area (Å²) in [5, 5.41) is 9.97. The molecule has 2 unspecified atom stereocenters. The normalized spacial score (nSPS) is 28.7. The molecule has 114 valence electrons. The van der Waals surface area contributed by atoms with Crippen molar-refractivity contribution < 1.29 is 5.11 Å². The van der Waals surface area contributed by atoms with Gasteiger partial charge in [0.25, 0.3) is 0 Å². The molecule has 1 aromatic rings. The largest absolute Gasteiger partial charge is 0.508 e. The molecule has 0 radical (unpaired) electrons. The SMILES string of the molecule is C=CCN1CCC2(CCC)c3cc(O)ccc3CCC2C1. The van der Waals surface area contributed by atoms with Gasteiger partial charge in [-0.05, 0) is 61.4 Å². The van der Waals surface area contributed by atoms with E-state index in [9.17, 15) is 5.11 Å². The third-order valence-corrected chi connectivity index (χ3v) is 5.61. The van der Waals surface area contributed by atoms with E-state index < -0.39 is 0 Å². The van der Waals surface area contributed by atoms with Crippen molar-refractivity contribution in [3.8, 4) is 5.75 Å². The first-order valence-corrected chi connectivity index (χ1v) is 8.35. The molecule has 0 bridgehead atoms. The van der Waals surface area contributed by atoms with Crippen LogP contribution < -0.4 is 0 Å². The highest BCUT2D eigenvalue weighted by molar-refractivity contribution is 5.43. The lowest BCUT2D eigenvalue weighted by atomic mass is 9.58. The zero-order valence-corrected chi connectivity index (χ0v) is 13.1. The van der Waals surface area contributed by atoms with Gasteiger partial charge in [0.15, 0.2) is 0 Å². The fraction of sp³-hybridized carbons (Fsp3) is 0.579. The van der Waals surface area contributed by atoms with Crippen LogP contribution in [0.2, 0.25) is 0 Å². The van der Waals surface area contributed by atoms with Crippen molar-refractivity contribution in [2.75, 3.05) is 19.6 Å². The Morgan fingerprint density at radius 3 is 3.10 bits per heavy atom. The van der Waals surface area contributed by atoms with Crippen LogP contribution in [0.1, 0.15) is 43.7 Å². The summed E-state index contributed by atoms with van der Waals surface area (Å²) in [6.07, 6.45) is 8.15. The number of phenolic OH excluding ortho intramolecular Hbond substituents is 1. The van der Waals surface area contributed by atoms with E-state index in [-0.39, 0.29) is 0 Å². The van der Waals surface area contributed by atoms with Gasteiger partial charge >= 0.3 is 0 Å². The predicted molar refractivity (Wildman–Crippen MR) is 87.8 cm³/mol. The van der Waals surface area contributed by atoms with Crippen LogP contribution in [0.4, 0.5) is 0 Å². The maximum absolute atomic E-state index is 9.97. The molecule has 0 saturated carbocycles. The maximum atomic E-state index is 9.97. The zero-order chi connectivity index (χ0) is 14.9. The number of nitrogens with zero attached hydrogens (tertiary/aromatic N) is 1. The molecule has 2 aliphatic rings. The molecule has 0 spiro atoms. The highest BCUT2D eigenvalue weighted by atomic mass is 16.3. The highest BCUT2D eigenvalue weighted by Crippen LogP contribution is 2.50. The van der Waals surface area contributed by atoms with E-state index in [1.807, 2.05) is 12.1 Å². The topological polar surface area (TPSA) is 23.5 Å². The van der Waals surface area contributed by atoms with Crippen LogP contribution in [0.15, 0.2) is 30.9 Å². The number of aryl methyl sites for hydroxylation is 1. The van der Waals surface area contributed by atoms with Crippen molar-refractivity contribution in [3.63, 3.8) is 0 Å². The zero-order valence-electron chi connectivity index (χ0n) is 13.1. The average molecular weight is 285 g/mol. The molecule has 3 rings (SSSR count). The van der Waals surface area contributed by atoms with Crippen molar-refractivity contribution >= 4 is 0 Å². The number of hydrogen-bond acceptors (Lipinski definition) is 2. The lowest BCUT2D eigenvalue weighted by Crippen LogP contribution is -2.52. The Morgan fingerprint density at radius 1 is 1.48 bits per heavy atom. The molecular weight excluding hydrogens is 258 g/mol. The molecule has 1 aromatic carbocycles. The Hall–Kier alpha value is -1.28. The second-order valence-corrected chi connectivity index (χ2v) is 6.78. The predicted octanol–water partition coefficient (Wildman–Crippen LogP) is 3.88. The van der Waals surface area contributed by atoms with Gasteiger partial charge in [-0.25, -0.2) is 0 Å². The number of piperidine rings is 1. The van der Waals surface area contributed by atoms with E-state index in [1.54, 1.807) is 0 Å². The quantitative estimate of drug-likeness (QED) is 0.849. The van der Waals surface area contributed by atoms with Crippen LogP contribution in [0, 0.1) is 5.92 Å². The van der Waals surface area contributed by atoms with E-state index in [1.165, 1.54) is 43.4 Å². The fourth-order valence-corrected chi connectivity index (χ4v) is 4.70. The minimum Gasteiger partial charge on any atom is -0.508 e. The van der Waals surface area contributed by atoms with E-state index in [0.717, 1.165) is 25.4 Å². The summed E-state index contributed by atoms with van der Waals surface area (Å²) in [5.41, 5.74) is 3.20. The van der Waals surface area contributed by atoms with Crippen molar-refractivity contribution in [1.82, 2.24) is 4.90 Å². The minimum absolute atomic E-state index is 0.290. The first-order valence-electron chi connectivity index (χ1n) is 8.35. The summed E-state index contributed by atoms with van der Waals surface area (Å²) in [5.74, 6) is 1.15. The Labute approximate surface area is 128 Å². The van der Waals surface area contributed by atoms with Crippen LogP contribution >= 0.6 is 0 Å². The minimum atomic E-state index is 0.290. The molecule has 1 aliphatic heterocycles. The average Bonchev–Trinajstić information content (AvgIpc) is 2.48. The molecule has 21 heavy (non-hydrogen) atoms. The number of phenols is 1. The molecule has 2 atom stereocenters. The van der Waals surface area contributed by atoms with Gasteiger partial charge in [-0.15, -0.1) is 6.58 Å². The van der Waals surface area contributed by atoms with Crippen LogP contribution in [-0.2, 0) is 11.8 Å². The van der Waals surface area contributed by atoms with Gasteiger partial charge in [0, 0.05) is 18.5 Å². The van der Waals surface area contributed by atoms with Gasteiger partial charge in [-0.2, -0.15) is 0 Å². The number of rotatable bonds is 4. The Morgan fingerprint density at radius 2 is 2.33 bits per heavy atom. The molecule has 2 heteroatoms. The maximum Gasteiger partial charge on any atom is 0.115 e. The second kappa shape index (κ2) is 5.84. The van der Waals surface area contributed by atoms with Gasteiger partial charge < -0.3 is 5.11 Å². The van der Waals surface area contributed by atoms with Gasteiger partial charge in [-0.3, -0.25) is 4.90 Å². The monoisotopic (exact) mass is 285 g/mol. The lowest BCUT2D eigenvalue weighted by molar-refractivity contribution is 0.0767. The Bertz CT molecular complexity index is 524. The van der Waals surface area contributed by atoms with E-state index in [0.29, 0.717) is 11.2 Å². The molecule has 1 heterocycles. The van der Waals surface area contributed by atoms with Gasteiger partial charge in [0.05, 0.1) is 0 Å².